The first-order chi connectivity index (χ1) is 14.2. The van der Waals surface area contributed by atoms with Crippen molar-refractivity contribution in [3.05, 3.63) is 66.2 Å². The molecule has 3 aromatic rings. The van der Waals surface area contributed by atoms with Gasteiger partial charge in [0.25, 0.3) is 0 Å². The van der Waals surface area contributed by atoms with Gasteiger partial charge in [-0.05, 0) is 49.6 Å². The molecular formula is C23H26N4O2. The van der Waals surface area contributed by atoms with E-state index < -0.39 is 0 Å². The molecule has 1 aliphatic heterocycles. The van der Waals surface area contributed by atoms with Crippen molar-refractivity contribution in [3.63, 3.8) is 0 Å². The molecule has 150 valence electrons. The van der Waals surface area contributed by atoms with E-state index in [4.69, 9.17) is 4.74 Å². The van der Waals surface area contributed by atoms with Crippen LogP contribution in [0.1, 0.15) is 30.1 Å². The van der Waals surface area contributed by atoms with Crippen molar-refractivity contribution >= 4 is 5.91 Å². The number of rotatable bonds is 6. The number of hydrogen-bond donors (Lipinski definition) is 0. The summed E-state index contributed by atoms with van der Waals surface area (Å²) in [5.74, 6) is 1.97. The van der Waals surface area contributed by atoms with Gasteiger partial charge in [-0.2, -0.15) is 0 Å². The second-order valence-corrected chi connectivity index (χ2v) is 7.47. The molecule has 0 radical (unpaired) electrons. The van der Waals surface area contributed by atoms with Crippen molar-refractivity contribution in [2.45, 2.75) is 32.2 Å². The van der Waals surface area contributed by atoms with Crippen LogP contribution in [0.15, 0.2) is 55.0 Å². The Kier molecular flexibility index (Phi) is 5.60. The smallest absolute Gasteiger partial charge is 0.222 e. The number of pyridine rings is 1. The fraction of sp³-hybridized carbons (Fsp3) is 0.348. The predicted octanol–water partition coefficient (Wildman–Crippen LogP) is 3.67. The van der Waals surface area contributed by atoms with Crippen molar-refractivity contribution in [1.29, 1.82) is 0 Å². The van der Waals surface area contributed by atoms with Crippen molar-refractivity contribution in [2.24, 2.45) is 0 Å². The Morgan fingerprint density at radius 1 is 1.21 bits per heavy atom. The molecule has 6 nitrogen and oxygen atoms in total. The number of nitrogens with zero attached hydrogens (tertiary/aromatic N) is 4. The van der Waals surface area contributed by atoms with E-state index in [2.05, 4.69) is 21.5 Å². The van der Waals surface area contributed by atoms with E-state index in [0.29, 0.717) is 6.42 Å². The number of amides is 1. The van der Waals surface area contributed by atoms with Crippen molar-refractivity contribution in [2.75, 3.05) is 20.2 Å². The third kappa shape index (κ3) is 4.16. The molecule has 0 spiro atoms. The molecule has 0 aliphatic carbocycles. The van der Waals surface area contributed by atoms with Crippen LogP contribution in [-0.2, 0) is 11.2 Å². The number of aryl methyl sites for hydroxylation is 2. The summed E-state index contributed by atoms with van der Waals surface area (Å²) in [6, 6.07) is 12.1. The highest BCUT2D eigenvalue weighted by atomic mass is 16.5. The van der Waals surface area contributed by atoms with E-state index in [0.717, 1.165) is 54.3 Å². The monoisotopic (exact) mass is 390 g/mol. The molecule has 1 saturated heterocycles. The van der Waals surface area contributed by atoms with Crippen LogP contribution in [0.4, 0.5) is 0 Å². The van der Waals surface area contributed by atoms with E-state index in [1.807, 2.05) is 53.7 Å². The Hall–Kier alpha value is -3.15. The molecule has 1 fully saturated rings. The second kappa shape index (κ2) is 8.47. The van der Waals surface area contributed by atoms with Gasteiger partial charge in [-0.15, -0.1) is 0 Å². The summed E-state index contributed by atoms with van der Waals surface area (Å²) in [6.07, 6.45) is 7.72. The minimum atomic E-state index is 0.212. The molecule has 1 unspecified atom stereocenters. The highest BCUT2D eigenvalue weighted by molar-refractivity contribution is 5.76. The van der Waals surface area contributed by atoms with Gasteiger partial charge in [0.15, 0.2) is 0 Å². The Bertz CT molecular complexity index is 966. The minimum Gasteiger partial charge on any atom is -0.497 e. The lowest BCUT2D eigenvalue weighted by Crippen LogP contribution is -2.29. The summed E-state index contributed by atoms with van der Waals surface area (Å²) in [7, 11) is 1.66. The minimum absolute atomic E-state index is 0.212. The Labute approximate surface area is 171 Å². The van der Waals surface area contributed by atoms with Crippen molar-refractivity contribution in [1.82, 2.24) is 19.4 Å². The zero-order chi connectivity index (χ0) is 20.2. The van der Waals surface area contributed by atoms with Gasteiger partial charge in [-0.1, -0.05) is 12.1 Å². The Morgan fingerprint density at radius 3 is 2.76 bits per heavy atom. The molecular weight excluding hydrogens is 364 g/mol. The predicted molar refractivity (Wildman–Crippen MR) is 112 cm³/mol. The lowest BCUT2D eigenvalue weighted by atomic mass is 10.1. The summed E-state index contributed by atoms with van der Waals surface area (Å²) < 4.78 is 7.45. The highest BCUT2D eigenvalue weighted by Crippen LogP contribution is 2.29. The molecule has 3 heterocycles. The van der Waals surface area contributed by atoms with Crippen LogP contribution in [0.2, 0.25) is 0 Å². The number of likely N-dealkylation sites (tertiary alicyclic amines) is 1. The molecule has 1 aliphatic rings. The topological polar surface area (TPSA) is 60.2 Å². The van der Waals surface area contributed by atoms with Crippen LogP contribution in [0.25, 0.3) is 11.4 Å². The number of carbonyl (C=O) groups is 1. The van der Waals surface area contributed by atoms with Gasteiger partial charge in [-0.25, -0.2) is 4.98 Å². The van der Waals surface area contributed by atoms with Gasteiger partial charge >= 0.3 is 0 Å². The van der Waals surface area contributed by atoms with Crippen LogP contribution in [-0.4, -0.2) is 45.5 Å². The van der Waals surface area contributed by atoms with Crippen molar-refractivity contribution in [3.8, 4) is 17.1 Å². The average Bonchev–Trinajstić information content (AvgIpc) is 3.39. The van der Waals surface area contributed by atoms with Crippen LogP contribution >= 0.6 is 0 Å². The van der Waals surface area contributed by atoms with Gasteiger partial charge < -0.3 is 14.2 Å². The fourth-order valence-corrected chi connectivity index (χ4v) is 4.00. The SMILES string of the molecule is COc1ccc(CCC(=O)N2CCC(n3c(C)cnc3-c3cccnc3)C2)cc1. The van der Waals surface area contributed by atoms with E-state index in [-0.39, 0.29) is 11.9 Å². The second-order valence-electron chi connectivity index (χ2n) is 7.47. The highest BCUT2D eigenvalue weighted by Gasteiger charge is 2.29. The fourth-order valence-electron chi connectivity index (χ4n) is 4.00. The summed E-state index contributed by atoms with van der Waals surface area (Å²) in [6.45, 7) is 3.59. The molecule has 0 bridgehead atoms. The zero-order valence-electron chi connectivity index (χ0n) is 16.9. The number of ether oxygens (including phenoxy) is 1. The third-order valence-corrected chi connectivity index (χ3v) is 5.57. The number of carbonyl (C=O) groups excluding carboxylic acids is 1. The lowest BCUT2D eigenvalue weighted by molar-refractivity contribution is -0.130. The first-order valence-electron chi connectivity index (χ1n) is 10.0. The number of hydrogen-bond acceptors (Lipinski definition) is 4. The molecule has 0 saturated carbocycles. The number of imidazole rings is 1. The number of methoxy groups -OCH3 is 1. The van der Waals surface area contributed by atoms with Crippen LogP contribution in [0.3, 0.4) is 0 Å². The van der Waals surface area contributed by atoms with Crippen LogP contribution < -0.4 is 4.74 Å². The third-order valence-electron chi connectivity index (χ3n) is 5.57. The number of aromatic nitrogens is 3. The molecule has 6 heteroatoms. The first-order valence-corrected chi connectivity index (χ1v) is 10.0. The summed E-state index contributed by atoms with van der Waals surface area (Å²) in [5, 5.41) is 0. The molecule has 0 N–H and O–H groups in total. The number of benzene rings is 1. The van der Waals surface area contributed by atoms with E-state index >= 15 is 0 Å². The molecule has 2 aromatic heterocycles. The maximum absolute atomic E-state index is 12.8. The van der Waals surface area contributed by atoms with Gasteiger partial charge in [0.05, 0.1) is 13.2 Å². The van der Waals surface area contributed by atoms with Crippen LogP contribution in [0.5, 0.6) is 5.75 Å². The standard InChI is InChI=1S/C23H26N4O2/c1-17-14-25-23(19-4-3-12-24-15-19)27(17)20-11-13-26(16-20)22(28)10-7-18-5-8-21(29-2)9-6-18/h3-6,8-9,12,14-15,20H,7,10-11,13,16H2,1-2H3. The van der Waals surface area contributed by atoms with E-state index in [1.165, 1.54) is 0 Å². The molecule has 1 atom stereocenters. The Morgan fingerprint density at radius 2 is 2.03 bits per heavy atom. The zero-order valence-corrected chi connectivity index (χ0v) is 16.9. The molecule has 29 heavy (non-hydrogen) atoms. The maximum Gasteiger partial charge on any atom is 0.222 e. The average molecular weight is 390 g/mol. The summed E-state index contributed by atoms with van der Waals surface area (Å²) in [5.41, 5.74) is 3.27. The quantitative estimate of drug-likeness (QED) is 0.644. The van der Waals surface area contributed by atoms with E-state index in [1.54, 1.807) is 13.3 Å². The molecule has 1 aromatic carbocycles. The maximum atomic E-state index is 12.8. The first kappa shape index (κ1) is 19.2. The summed E-state index contributed by atoms with van der Waals surface area (Å²) >= 11 is 0. The molecule has 1 amide bonds. The molecule has 4 rings (SSSR count). The van der Waals surface area contributed by atoms with E-state index in [9.17, 15) is 4.79 Å². The van der Waals surface area contributed by atoms with Crippen LogP contribution in [0, 0.1) is 6.92 Å². The van der Waals surface area contributed by atoms with Gasteiger partial charge in [0.2, 0.25) is 5.91 Å². The Balaban J connectivity index is 1.40. The van der Waals surface area contributed by atoms with Crippen molar-refractivity contribution < 1.29 is 9.53 Å². The van der Waals surface area contributed by atoms with Gasteiger partial charge in [0, 0.05) is 49.4 Å². The van der Waals surface area contributed by atoms with Gasteiger partial charge in [0.1, 0.15) is 11.6 Å². The largest absolute Gasteiger partial charge is 0.497 e. The van der Waals surface area contributed by atoms with Gasteiger partial charge in [-0.3, -0.25) is 9.78 Å². The summed E-state index contributed by atoms with van der Waals surface area (Å²) in [4.78, 5) is 23.6. The normalized spacial score (nSPS) is 16.2. The lowest BCUT2D eigenvalue weighted by Gasteiger charge is -2.20.